The Kier molecular flexibility index (Phi) is 7.55. The Morgan fingerprint density at radius 3 is 2.78 bits per heavy atom. The van der Waals surface area contributed by atoms with Crippen molar-refractivity contribution in [2.45, 2.75) is 31.8 Å². The van der Waals surface area contributed by atoms with E-state index < -0.39 is 0 Å². The van der Waals surface area contributed by atoms with Gasteiger partial charge in [-0.25, -0.2) is 0 Å². The highest BCUT2D eigenvalue weighted by Crippen LogP contribution is 2.30. The normalized spacial score (nSPS) is 18.3. The third kappa shape index (κ3) is 5.45. The van der Waals surface area contributed by atoms with Crippen molar-refractivity contribution in [2.24, 2.45) is 10.9 Å². The van der Waals surface area contributed by atoms with Gasteiger partial charge in [-0.05, 0) is 47.8 Å². The lowest BCUT2D eigenvalue weighted by molar-refractivity contribution is 0.181. The molecule has 1 atom stereocenters. The van der Waals surface area contributed by atoms with Crippen LogP contribution in [0.25, 0.3) is 0 Å². The van der Waals surface area contributed by atoms with E-state index in [1.165, 1.54) is 24.0 Å². The number of guanidine groups is 1. The van der Waals surface area contributed by atoms with Crippen LogP contribution in [0.4, 0.5) is 0 Å². The molecule has 1 aliphatic heterocycles. The summed E-state index contributed by atoms with van der Waals surface area (Å²) in [5.41, 5.74) is 2.87. The highest BCUT2D eigenvalue weighted by Gasteiger charge is 2.26. The minimum atomic E-state index is 0. The number of nitrogens with one attached hydrogen (secondary N) is 2. The van der Waals surface area contributed by atoms with Gasteiger partial charge in [-0.3, -0.25) is 9.89 Å². The quantitative estimate of drug-likeness (QED) is 0.360. The van der Waals surface area contributed by atoms with Gasteiger partial charge in [-0.1, -0.05) is 30.3 Å². The summed E-state index contributed by atoms with van der Waals surface area (Å²) in [4.78, 5) is 8.56. The largest absolute Gasteiger partial charge is 0.356 e. The number of aliphatic imine (C=N–C) groups is 1. The fraction of sp³-hybridized carbons (Fsp3) is 0.476. The summed E-state index contributed by atoms with van der Waals surface area (Å²) < 4.78 is 0. The van der Waals surface area contributed by atoms with E-state index in [9.17, 15) is 0 Å². The van der Waals surface area contributed by atoms with Gasteiger partial charge >= 0.3 is 0 Å². The Hall–Kier alpha value is -1.12. The number of hydrogen-bond acceptors (Lipinski definition) is 3. The van der Waals surface area contributed by atoms with Gasteiger partial charge in [0.1, 0.15) is 0 Å². The van der Waals surface area contributed by atoms with Crippen LogP contribution in [0.2, 0.25) is 0 Å². The molecule has 27 heavy (non-hydrogen) atoms. The summed E-state index contributed by atoms with van der Waals surface area (Å²) in [6.07, 6.45) is 3.87. The van der Waals surface area contributed by atoms with Crippen LogP contribution >= 0.6 is 35.3 Å². The summed E-state index contributed by atoms with van der Waals surface area (Å²) in [6.45, 7) is 4.06. The Balaban J connectivity index is 0.00000210. The molecule has 4 rings (SSSR count). The Morgan fingerprint density at radius 1 is 1.22 bits per heavy atom. The third-order valence-electron chi connectivity index (χ3n) is 5.40. The molecule has 0 amide bonds. The fourth-order valence-electron chi connectivity index (χ4n) is 3.65. The van der Waals surface area contributed by atoms with Crippen molar-refractivity contribution < 1.29 is 0 Å². The zero-order valence-corrected chi connectivity index (χ0v) is 19.0. The predicted molar refractivity (Wildman–Crippen MR) is 125 cm³/mol. The van der Waals surface area contributed by atoms with Crippen molar-refractivity contribution in [3.8, 4) is 0 Å². The van der Waals surface area contributed by atoms with E-state index in [-0.39, 0.29) is 24.0 Å². The first-order valence-electron chi connectivity index (χ1n) is 9.62. The van der Waals surface area contributed by atoms with Crippen LogP contribution in [0.5, 0.6) is 0 Å². The fourth-order valence-corrected chi connectivity index (χ4v) is 4.54. The van der Waals surface area contributed by atoms with Crippen LogP contribution in [-0.2, 0) is 13.0 Å². The van der Waals surface area contributed by atoms with Crippen molar-refractivity contribution in [3.63, 3.8) is 0 Å². The second kappa shape index (κ2) is 9.89. The molecule has 2 heterocycles. The molecule has 2 aliphatic rings. The van der Waals surface area contributed by atoms with Crippen LogP contribution in [0.1, 0.15) is 34.9 Å². The maximum atomic E-state index is 4.40. The SMILES string of the molecule is CN=C(NCC1CC1)NCC(c1ccccc1)N1CCc2sccc2C1.I. The van der Waals surface area contributed by atoms with Crippen LogP contribution in [0.3, 0.4) is 0 Å². The van der Waals surface area contributed by atoms with Crippen LogP contribution in [0.15, 0.2) is 46.8 Å². The van der Waals surface area contributed by atoms with E-state index in [4.69, 9.17) is 0 Å². The first kappa shape index (κ1) is 20.6. The van der Waals surface area contributed by atoms with Crippen molar-refractivity contribution in [2.75, 3.05) is 26.7 Å². The summed E-state index contributed by atoms with van der Waals surface area (Å²) in [6, 6.07) is 13.5. The molecule has 2 N–H and O–H groups in total. The van der Waals surface area contributed by atoms with Gasteiger partial charge in [0.25, 0.3) is 0 Å². The first-order chi connectivity index (χ1) is 12.8. The molecule has 0 bridgehead atoms. The molecule has 0 radical (unpaired) electrons. The summed E-state index contributed by atoms with van der Waals surface area (Å²) in [5.74, 6) is 1.77. The summed E-state index contributed by atoms with van der Waals surface area (Å²) in [7, 11) is 1.86. The van der Waals surface area contributed by atoms with E-state index in [2.05, 4.69) is 62.3 Å². The number of halogens is 1. The summed E-state index contributed by atoms with van der Waals surface area (Å²) >= 11 is 1.90. The molecule has 1 unspecified atom stereocenters. The van der Waals surface area contributed by atoms with Crippen LogP contribution < -0.4 is 10.6 Å². The maximum absolute atomic E-state index is 4.40. The zero-order valence-electron chi connectivity index (χ0n) is 15.9. The van der Waals surface area contributed by atoms with Crippen LogP contribution in [0, 0.1) is 5.92 Å². The Morgan fingerprint density at radius 2 is 2.04 bits per heavy atom. The molecule has 1 aromatic carbocycles. The highest BCUT2D eigenvalue weighted by atomic mass is 127. The van der Waals surface area contributed by atoms with Gasteiger partial charge in [0.15, 0.2) is 5.96 Å². The van der Waals surface area contributed by atoms with E-state index >= 15 is 0 Å². The molecule has 1 aliphatic carbocycles. The third-order valence-corrected chi connectivity index (χ3v) is 6.43. The van der Waals surface area contributed by atoms with Gasteiger partial charge in [0, 0.05) is 38.1 Å². The van der Waals surface area contributed by atoms with E-state index in [1.54, 1.807) is 4.88 Å². The van der Waals surface area contributed by atoms with Gasteiger partial charge in [-0.2, -0.15) is 0 Å². The van der Waals surface area contributed by atoms with Gasteiger partial charge < -0.3 is 10.6 Å². The van der Waals surface area contributed by atoms with Gasteiger partial charge in [0.05, 0.1) is 6.04 Å². The van der Waals surface area contributed by atoms with Gasteiger partial charge in [0.2, 0.25) is 0 Å². The first-order valence-corrected chi connectivity index (χ1v) is 10.5. The van der Waals surface area contributed by atoms with Crippen LogP contribution in [-0.4, -0.2) is 37.5 Å². The topological polar surface area (TPSA) is 39.7 Å². The minimum absolute atomic E-state index is 0. The lowest BCUT2D eigenvalue weighted by atomic mass is 10.0. The number of benzene rings is 1. The highest BCUT2D eigenvalue weighted by molar-refractivity contribution is 14.0. The van der Waals surface area contributed by atoms with Crippen molar-refractivity contribution in [1.29, 1.82) is 0 Å². The van der Waals surface area contributed by atoms with E-state index in [0.717, 1.165) is 44.5 Å². The molecule has 146 valence electrons. The molecule has 4 nitrogen and oxygen atoms in total. The average Bonchev–Trinajstić information content (AvgIpc) is 3.40. The standard InChI is InChI=1S/C21H28N4S.HI/c1-22-21(23-13-16-7-8-16)24-14-19(17-5-3-2-4-6-17)25-11-9-20-18(15-25)10-12-26-20;/h2-6,10,12,16,19H,7-9,11,13-15H2,1H3,(H2,22,23,24);1H. The molecular weight excluding hydrogens is 467 g/mol. The number of thiophene rings is 1. The Labute approximate surface area is 183 Å². The lowest BCUT2D eigenvalue weighted by Crippen LogP contribution is -2.44. The molecular formula is C21H29IN4S. The molecule has 1 fully saturated rings. The zero-order chi connectivity index (χ0) is 17.8. The van der Waals surface area contributed by atoms with Crippen molar-refractivity contribution in [3.05, 3.63) is 57.8 Å². The second-order valence-electron chi connectivity index (χ2n) is 7.29. The smallest absolute Gasteiger partial charge is 0.191 e. The molecule has 0 spiro atoms. The average molecular weight is 496 g/mol. The van der Waals surface area contributed by atoms with Gasteiger partial charge in [-0.15, -0.1) is 35.3 Å². The molecule has 0 saturated heterocycles. The molecule has 1 aromatic heterocycles. The lowest BCUT2D eigenvalue weighted by Gasteiger charge is -2.35. The summed E-state index contributed by atoms with van der Waals surface area (Å²) in [5, 5.41) is 9.27. The Bertz CT molecular complexity index is 742. The number of nitrogens with zero attached hydrogens (tertiary/aromatic N) is 2. The maximum Gasteiger partial charge on any atom is 0.191 e. The van der Waals surface area contributed by atoms with E-state index in [1.807, 2.05) is 18.4 Å². The van der Waals surface area contributed by atoms with E-state index in [0.29, 0.717) is 6.04 Å². The molecule has 6 heteroatoms. The van der Waals surface area contributed by atoms with Crippen molar-refractivity contribution >= 4 is 41.3 Å². The predicted octanol–water partition coefficient (Wildman–Crippen LogP) is 4.04. The molecule has 1 saturated carbocycles. The number of hydrogen-bond donors (Lipinski definition) is 2. The number of rotatable bonds is 6. The monoisotopic (exact) mass is 496 g/mol. The number of fused-ring (bicyclic) bond motifs is 1. The van der Waals surface area contributed by atoms with Crippen molar-refractivity contribution in [1.82, 2.24) is 15.5 Å². The second-order valence-corrected chi connectivity index (χ2v) is 8.29. The minimum Gasteiger partial charge on any atom is -0.356 e. The molecule has 2 aromatic rings.